The Bertz CT molecular complexity index is 149. The van der Waals surface area contributed by atoms with Crippen LogP contribution in [0.25, 0.3) is 0 Å². The Morgan fingerprint density at radius 2 is 2.00 bits per heavy atom. The van der Waals surface area contributed by atoms with Crippen LogP contribution in [-0.2, 0) is 9.53 Å². The van der Waals surface area contributed by atoms with Gasteiger partial charge in [0.1, 0.15) is 0 Å². The lowest BCUT2D eigenvalue weighted by Gasteiger charge is -2.18. The van der Waals surface area contributed by atoms with Crippen LogP contribution in [0.1, 0.15) is 33.6 Å². The Balaban J connectivity index is 3.22. The lowest BCUT2D eigenvalue weighted by Crippen LogP contribution is -2.27. The quantitative estimate of drug-likeness (QED) is 0.524. The van der Waals surface area contributed by atoms with Crippen molar-refractivity contribution < 1.29 is 9.53 Å². The molecule has 0 aliphatic rings. The van der Waals surface area contributed by atoms with Gasteiger partial charge in [0.15, 0.2) is 0 Å². The molecular weight excluding hydrogens is 166 g/mol. The first kappa shape index (κ1) is 12.4. The maximum atomic E-state index is 10.7. The second-order valence-corrected chi connectivity index (χ2v) is 4.42. The minimum atomic E-state index is -0.127. The predicted octanol–water partition coefficient (Wildman–Crippen LogP) is 1.58. The normalized spacial score (nSPS) is 11.4. The second kappa shape index (κ2) is 5.97. The van der Waals surface area contributed by atoms with E-state index in [4.69, 9.17) is 0 Å². The lowest BCUT2D eigenvalue weighted by atomic mass is 9.97. The molecule has 0 fully saturated rings. The molecule has 0 aromatic carbocycles. The third kappa shape index (κ3) is 9.34. The maximum Gasteiger partial charge on any atom is 0.305 e. The number of esters is 1. The average Bonchev–Trinajstić information content (AvgIpc) is 2.01. The van der Waals surface area contributed by atoms with E-state index in [1.165, 1.54) is 7.11 Å². The number of hydrogen-bond donors (Lipinski definition) is 1. The van der Waals surface area contributed by atoms with Crippen LogP contribution in [0.4, 0.5) is 0 Å². The fourth-order valence-electron chi connectivity index (χ4n) is 0.923. The van der Waals surface area contributed by atoms with Gasteiger partial charge in [-0.05, 0) is 24.9 Å². The second-order valence-electron chi connectivity index (χ2n) is 4.42. The van der Waals surface area contributed by atoms with Gasteiger partial charge < -0.3 is 10.1 Å². The summed E-state index contributed by atoms with van der Waals surface area (Å²) in [5, 5.41) is 3.30. The summed E-state index contributed by atoms with van der Waals surface area (Å²) >= 11 is 0. The molecule has 0 bridgehead atoms. The molecular formula is C10H21NO2. The molecule has 0 unspecified atom stereocenters. The molecule has 0 aliphatic heterocycles. The molecule has 1 N–H and O–H groups in total. The molecule has 0 atom stereocenters. The molecule has 0 heterocycles. The van der Waals surface area contributed by atoms with Crippen molar-refractivity contribution >= 4 is 5.97 Å². The fourth-order valence-corrected chi connectivity index (χ4v) is 0.923. The maximum absolute atomic E-state index is 10.7. The van der Waals surface area contributed by atoms with Crippen molar-refractivity contribution in [2.75, 3.05) is 20.2 Å². The highest BCUT2D eigenvalue weighted by atomic mass is 16.5. The molecule has 3 heteroatoms. The first-order valence-electron chi connectivity index (χ1n) is 4.73. The van der Waals surface area contributed by atoms with Gasteiger partial charge in [-0.3, -0.25) is 4.79 Å². The van der Waals surface area contributed by atoms with Gasteiger partial charge in [-0.2, -0.15) is 0 Å². The van der Waals surface area contributed by atoms with E-state index in [2.05, 4.69) is 30.8 Å². The molecule has 0 aromatic heterocycles. The molecule has 0 spiro atoms. The largest absolute Gasteiger partial charge is 0.469 e. The highest BCUT2D eigenvalue weighted by Gasteiger charge is 2.08. The molecule has 0 saturated heterocycles. The Hall–Kier alpha value is -0.570. The van der Waals surface area contributed by atoms with Crippen molar-refractivity contribution in [1.82, 2.24) is 5.32 Å². The molecule has 78 valence electrons. The molecule has 0 rings (SSSR count). The van der Waals surface area contributed by atoms with Crippen LogP contribution in [0.2, 0.25) is 0 Å². The standard InChI is InChI=1S/C10H21NO2/c1-10(2,3)8-11-7-5-6-9(12)13-4/h11H,5-8H2,1-4H3. The summed E-state index contributed by atoms with van der Waals surface area (Å²) < 4.78 is 4.53. The third-order valence-electron chi connectivity index (χ3n) is 1.62. The van der Waals surface area contributed by atoms with E-state index in [9.17, 15) is 4.79 Å². The van der Waals surface area contributed by atoms with Gasteiger partial charge in [0.2, 0.25) is 0 Å². The average molecular weight is 187 g/mol. The summed E-state index contributed by atoms with van der Waals surface area (Å²) in [5.74, 6) is -0.127. The Morgan fingerprint density at radius 1 is 1.38 bits per heavy atom. The van der Waals surface area contributed by atoms with E-state index >= 15 is 0 Å². The van der Waals surface area contributed by atoms with Gasteiger partial charge in [0.05, 0.1) is 7.11 Å². The number of hydrogen-bond acceptors (Lipinski definition) is 3. The summed E-state index contributed by atoms with van der Waals surface area (Å²) in [6, 6.07) is 0. The number of carbonyl (C=O) groups is 1. The third-order valence-corrected chi connectivity index (χ3v) is 1.62. The van der Waals surface area contributed by atoms with Crippen molar-refractivity contribution in [2.24, 2.45) is 5.41 Å². The van der Waals surface area contributed by atoms with Crippen LogP contribution in [0, 0.1) is 5.41 Å². The van der Waals surface area contributed by atoms with Crippen LogP contribution < -0.4 is 5.32 Å². The van der Waals surface area contributed by atoms with E-state index in [1.54, 1.807) is 0 Å². The van der Waals surface area contributed by atoms with E-state index in [0.29, 0.717) is 11.8 Å². The molecule has 0 amide bonds. The number of rotatable bonds is 5. The first-order chi connectivity index (χ1) is 5.95. The van der Waals surface area contributed by atoms with Crippen molar-refractivity contribution in [3.8, 4) is 0 Å². The van der Waals surface area contributed by atoms with E-state index in [-0.39, 0.29) is 5.97 Å². The van der Waals surface area contributed by atoms with Crippen molar-refractivity contribution in [3.05, 3.63) is 0 Å². The summed E-state index contributed by atoms with van der Waals surface area (Å²) in [5.41, 5.74) is 0.311. The fraction of sp³-hybridized carbons (Fsp3) is 0.900. The van der Waals surface area contributed by atoms with Crippen LogP contribution in [0.15, 0.2) is 0 Å². The highest BCUT2D eigenvalue weighted by Crippen LogP contribution is 2.09. The number of methoxy groups -OCH3 is 1. The summed E-state index contributed by atoms with van der Waals surface area (Å²) in [6.45, 7) is 8.40. The molecule has 0 saturated carbocycles. The zero-order chi connectivity index (χ0) is 10.3. The van der Waals surface area contributed by atoms with Gasteiger partial charge >= 0.3 is 5.97 Å². The van der Waals surface area contributed by atoms with E-state index in [0.717, 1.165) is 19.5 Å². The van der Waals surface area contributed by atoms with Gasteiger partial charge in [-0.15, -0.1) is 0 Å². The minimum Gasteiger partial charge on any atom is -0.469 e. The van der Waals surface area contributed by atoms with Crippen LogP contribution in [0.3, 0.4) is 0 Å². The SMILES string of the molecule is COC(=O)CCCNCC(C)(C)C. The molecule has 0 aliphatic carbocycles. The molecule has 0 aromatic rings. The first-order valence-corrected chi connectivity index (χ1v) is 4.73. The highest BCUT2D eigenvalue weighted by molar-refractivity contribution is 5.68. The Morgan fingerprint density at radius 3 is 2.46 bits per heavy atom. The smallest absolute Gasteiger partial charge is 0.305 e. The van der Waals surface area contributed by atoms with E-state index < -0.39 is 0 Å². The lowest BCUT2D eigenvalue weighted by molar-refractivity contribution is -0.140. The molecule has 3 nitrogen and oxygen atoms in total. The zero-order valence-electron chi connectivity index (χ0n) is 9.14. The van der Waals surface area contributed by atoms with Gasteiger partial charge in [0.25, 0.3) is 0 Å². The number of carbonyl (C=O) groups excluding carboxylic acids is 1. The van der Waals surface area contributed by atoms with E-state index in [1.807, 2.05) is 0 Å². The van der Waals surface area contributed by atoms with Gasteiger partial charge in [-0.1, -0.05) is 20.8 Å². The Kier molecular flexibility index (Phi) is 5.71. The van der Waals surface area contributed by atoms with Crippen LogP contribution >= 0.6 is 0 Å². The monoisotopic (exact) mass is 187 g/mol. The van der Waals surface area contributed by atoms with Gasteiger partial charge in [0, 0.05) is 6.42 Å². The van der Waals surface area contributed by atoms with Crippen LogP contribution in [-0.4, -0.2) is 26.2 Å². The molecule has 0 radical (unpaired) electrons. The van der Waals surface area contributed by atoms with Gasteiger partial charge in [-0.25, -0.2) is 0 Å². The zero-order valence-corrected chi connectivity index (χ0v) is 9.14. The number of ether oxygens (including phenoxy) is 1. The summed E-state index contributed by atoms with van der Waals surface area (Å²) in [4.78, 5) is 10.7. The Labute approximate surface area is 80.8 Å². The molecule has 13 heavy (non-hydrogen) atoms. The van der Waals surface area contributed by atoms with Crippen molar-refractivity contribution in [1.29, 1.82) is 0 Å². The van der Waals surface area contributed by atoms with Crippen molar-refractivity contribution in [2.45, 2.75) is 33.6 Å². The topological polar surface area (TPSA) is 38.3 Å². The summed E-state index contributed by atoms with van der Waals surface area (Å²) in [6.07, 6.45) is 1.36. The van der Waals surface area contributed by atoms with Crippen molar-refractivity contribution in [3.63, 3.8) is 0 Å². The summed E-state index contributed by atoms with van der Waals surface area (Å²) in [7, 11) is 1.42. The predicted molar refractivity (Wildman–Crippen MR) is 53.6 cm³/mol. The number of nitrogens with one attached hydrogen (secondary N) is 1. The minimum absolute atomic E-state index is 0.127. The van der Waals surface area contributed by atoms with Crippen LogP contribution in [0.5, 0.6) is 0 Å².